The van der Waals surface area contributed by atoms with E-state index in [-0.39, 0.29) is 82.5 Å². The van der Waals surface area contributed by atoms with Crippen molar-refractivity contribution in [3.63, 3.8) is 0 Å². The van der Waals surface area contributed by atoms with Gasteiger partial charge in [0, 0.05) is 26.1 Å². The van der Waals surface area contributed by atoms with Crippen LogP contribution < -0.4 is 61.8 Å². The van der Waals surface area contributed by atoms with Crippen LogP contribution in [-0.2, 0) is 24.0 Å². The number of hydrogen-bond acceptors (Lipinski definition) is 9. The van der Waals surface area contributed by atoms with E-state index in [1.165, 1.54) is 0 Å². The van der Waals surface area contributed by atoms with E-state index in [0.29, 0.717) is 6.42 Å². The minimum atomic E-state index is -1.32. The standard InChI is InChI=1S/C23H46N14O6/c24-12(4-1-9-32-21(26)27)17(39)35-14(7-8-16(25)38)19(41)36-13(5-2-10-33-22(28)29)18(40)37-15(20(42)43)6-3-11-34-23(30)31/h12-15H,1-11,24H2,(H2,25,38)(H,35,39)(H,36,41)(H,37,40)(H,42,43)(H4,26,27,32)(H4,28,29,33)(H4,30,31,34). The zero-order valence-corrected chi connectivity index (χ0v) is 24.0. The van der Waals surface area contributed by atoms with Gasteiger partial charge in [-0.3, -0.25) is 34.2 Å². The molecule has 4 unspecified atom stereocenters. The Labute approximate surface area is 248 Å². The van der Waals surface area contributed by atoms with Gasteiger partial charge in [-0.25, -0.2) is 4.79 Å². The molecule has 20 nitrogen and oxygen atoms in total. The van der Waals surface area contributed by atoms with Crippen LogP contribution in [0.1, 0.15) is 51.4 Å². The SMILES string of the molecule is NC(=O)CCC(NC(=O)C(N)CCCN=C(N)N)C(=O)NC(CCCN=C(N)N)C(=O)NC(CCCN=C(N)N)C(=O)O. The van der Waals surface area contributed by atoms with E-state index in [9.17, 15) is 29.1 Å². The van der Waals surface area contributed by atoms with Crippen LogP contribution in [0.15, 0.2) is 15.0 Å². The molecule has 0 heterocycles. The summed E-state index contributed by atoms with van der Waals surface area (Å²) in [6, 6.07) is -4.91. The fraction of sp³-hybridized carbons (Fsp3) is 0.652. The number of carboxylic acid groups (broad SMARTS) is 1. The highest BCUT2D eigenvalue weighted by molar-refractivity contribution is 5.94. The second-order valence-corrected chi connectivity index (χ2v) is 9.48. The number of aliphatic imine (C=N–C) groups is 3. The average Bonchev–Trinajstić information content (AvgIpc) is 2.91. The highest BCUT2D eigenvalue weighted by Crippen LogP contribution is 2.06. The number of aliphatic carboxylic acids is 1. The van der Waals surface area contributed by atoms with Crippen molar-refractivity contribution in [3.05, 3.63) is 0 Å². The van der Waals surface area contributed by atoms with Crippen molar-refractivity contribution in [2.75, 3.05) is 19.6 Å². The Morgan fingerprint density at radius 3 is 1.35 bits per heavy atom. The van der Waals surface area contributed by atoms with Gasteiger partial charge >= 0.3 is 5.97 Å². The summed E-state index contributed by atoms with van der Waals surface area (Å²) in [5.74, 6) is -4.85. The van der Waals surface area contributed by atoms with Gasteiger partial charge in [-0.15, -0.1) is 0 Å². The van der Waals surface area contributed by atoms with E-state index in [2.05, 4.69) is 30.9 Å². The van der Waals surface area contributed by atoms with Crippen molar-refractivity contribution >= 4 is 47.5 Å². The maximum absolute atomic E-state index is 13.2. The fourth-order valence-corrected chi connectivity index (χ4v) is 3.56. The van der Waals surface area contributed by atoms with Gasteiger partial charge in [0.1, 0.15) is 18.1 Å². The zero-order chi connectivity index (χ0) is 32.9. The first-order valence-electron chi connectivity index (χ1n) is 13.5. The number of carbonyl (C=O) groups excluding carboxylic acids is 4. The van der Waals surface area contributed by atoms with Gasteiger partial charge in [0.15, 0.2) is 17.9 Å². The molecule has 0 fully saturated rings. The molecule has 0 aromatic heterocycles. The number of carboxylic acids is 1. The summed E-state index contributed by atoms with van der Waals surface area (Å²) in [6.07, 6.45) is 0.540. The number of amides is 4. The molecule has 0 aliphatic carbocycles. The van der Waals surface area contributed by atoms with Gasteiger partial charge < -0.3 is 66.9 Å². The van der Waals surface area contributed by atoms with E-state index >= 15 is 0 Å². The van der Waals surface area contributed by atoms with Crippen LogP contribution in [0.3, 0.4) is 0 Å². The summed E-state index contributed by atoms with van der Waals surface area (Å²) in [7, 11) is 0. The predicted molar refractivity (Wildman–Crippen MR) is 160 cm³/mol. The molecular weight excluding hydrogens is 568 g/mol. The van der Waals surface area contributed by atoms with Crippen LogP contribution in [0.25, 0.3) is 0 Å². The van der Waals surface area contributed by atoms with Gasteiger partial charge in [-0.1, -0.05) is 0 Å². The number of hydrogen-bond donors (Lipinski definition) is 12. The van der Waals surface area contributed by atoms with Crippen LogP contribution in [0.4, 0.5) is 0 Å². The molecule has 0 bridgehead atoms. The van der Waals surface area contributed by atoms with E-state index in [0.717, 1.165) is 0 Å². The first kappa shape index (κ1) is 38.1. The molecule has 0 spiro atoms. The van der Waals surface area contributed by atoms with Crippen molar-refractivity contribution in [2.24, 2.45) is 60.8 Å². The summed E-state index contributed by atoms with van der Waals surface area (Å²) in [4.78, 5) is 73.6. The van der Waals surface area contributed by atoms with E-state index < -0.39 is 53.8 Å². The topological polar surface area (TPSA) is 387 Å². The molecule has 0 radical (unpaired) electrons. The second kappa shape index (κ2) is 20.9. The van der Waals surface area contributed by atoms with Crippen molar-refractivity contribution in [3.8, 4) is 0 Å². The van der Waals surface area contributed by atoms with Crippen LogP contribution in [-0.4, -0.2) is 96.4 Å². The third-order valence-corrected chi connectivity index (χ3v) is 5.75. The van der Waals surface area contributed by atoms with Gasteiger partial charge in [0.25, 0.3) is 0 Å². The largest absolute Gasteiger partial charge is 0.480 e. The number of guanidine groups is 3. The number of nitrogens with two attached hydrogens (primary N) is 8. The van der Waals surface area contributed by atoms with Crippen molar-refractivity contribution in [1.82, 2.24) is 16.0 Å². The molecule has 4 atom stereocenters. The Kier molecular flexibility index (Phi) is 18.5. The molecule has 0 saturated carbocycles. The third-order valence-electron chi connectivity index (χ3n) is 5.75. The zero-order valence-electron chi connectivity index (χ0n) is 24.0. The molecular formula is C23H46N14O6. The lowest BCUT2D eigenvalue weighted by Gasteiger charge is -2.25. The highest BCUT2D eigenvalue weighted by Gasteiger charge is 2.30. The van der Waals surface area contributed by atoms with E-state index in [1.807, 2.05) is 0 Å². The first-order chi connectivity index (χ1) is 20.1. The van der Waals surface area contributed by atoms with Crippen molar-refractivity contribution in [2.45, 2.75) is 75.5 Å². The quantitative estimate of drug-likeness (QED) is 0.0307. The van der Waals surface area contributed by atoms with Gasteiger partial charge in [-0.05, 0) is 44.9 Å². The molecule has 0 saturated heterocycles. The lowest BCUT2D eigenvalue weighted by atomic mass is 10.0. The maximum atomic E-state index is 13.2. The Hall–Kier alpha value is -4.88. The van der Waals surface area contributed by atoms with E-state index in [1.54, 1.807) is 0 Å². The Bertz CT molecular complexity index is 1020. The van der Waals surface area contributed by atoms with Crippen molar-refractivity contribution < 1.29 is 29.1 Å². The molecule has 4 amide bonds. The minimum absolute atomic E-state index is 0.00448. The Balaban J connectivity index is 5.69. The molecule has 0 aliphatic rings. The molecule has 0 aliphatic heterocycles. The number of nitrogens with zero attached hydrogens (tertiary/aromatic N) is 3. The van der Waals surface area contributed by atoms with Crippen LogP contribution >= 0.6 is 0 Å². The van der Waals surface area contributed by atoms with E-state index in [4.69, 9.17) is 45.9 Å². The van der Waals surface area contributed by atoms with Gasteiger partial charge in [-0.2, -0.15) is 0 Å². The van der Waals surface area contributed by atoms with Crippen LogP contribution in [0.5, 0.6) is 0 Å². The normalized spacial score (nSPS) is 13.2. The highest BCUT2D eigenvalue weighted by atomic mass is 16.4. The molecule has 0 rings (SSSR count). The fourth-order valence-electron chi connectivity index (χ4n) is 3.56. The number of carbonyl (C=O) groups is 5. The third kappa shape index (κ3) is 19.0. The smallest absolute Gasteiger partial charge is 0.326 e. The summed E-state index contributed by atoms with van der Waals surface area (Å²) < 4.78 is 0. The Morgan fingerprint density at radius 1 is 0.558 bits per heavy atom. The average molecular weight is 615 g/mol. The molecule has 43 heavy (non-hydrogen) atoms. The summed E-state index contributed by atoms with van der Waals surface area (Å²) in [6.45, 7) is 0.481. The summed E-state index contributed by atoms with van der Waals surface area (Å²) in [5, 5.41) is 16.9. The van der Waals surface area contributed by atoms with Crippen LogP contribution in [0.2, 0.25) is 0 Å². The molecule has 0 aromatic rings. The monoisotopic (exact) mass is 614 g/mol. The predicted octanol–water partition coefficient (Wildman–Crippen LogP) is -5.72. The lowest BCUT2D eigenvalue weighted by molar-refractivity contribution is -0.142. The second-order valence-electron chi connectivity index (χ2n) is 9.48. The summed E-state index contributed by atoms with van der Waals surface area (Å²) >= 11 is 0. The number of primary amides is 1. The molecule has 0 aromatic carbocycles. The Morgan fingerprint density at radius 2 is 0.930 bits per heavy atom. The molecule has 244 valence electrons. The number of rotatable bonds is 22. The molecule has 20 N–H and O–H groups in total. The lowest BCUT2D eigenvalue weighted by Crippen LogP contribution is -2.57. The number of nitrogens with one attached hydrogen (secondary N) is 3. The molecule has 20 heteroatoms. The van der Waals surface area contributed by atoms with Crippen molar-refractivity contribution in [1.29, 1.82) is 0 Å². The first-order valence-corrected chi connectivity index (χ1v) is 13.5. The maximum Gasteiger partial charge on any atom is 0.326 e. The summed E-state index contributed by atoms with van der Waals surface area (Å²) in [5.41, 5.74) is 42.9. The minimum Gasteiger partial charge on any atom is -0.480 e. The van der Waals surface area contributed by atoms with Gasteiger partial charge in [0.2, 0.25) is 23.6 Å². The van der Waals surface area contributed by atoms with Crippen LogP contribution in [0, 0.1) is 0 Å². The van der Waals surface area contributed by atoms with Gasteiger partial charge in [0.05, 0.1) is 6.04 Å².